The Morgan fingerprint density at radius 2 is 1.46 bits per heavy atom. The molecule has 8 nitrogen and oxygen atoms in total. The Bertz CT molecular complexity index is 871. The summed E-state index contributed by atoms with van der Waals surface area (Å²) >= 11 is 0. The maximum atomic E-state index is 9.49. The van der Waals surface area contributed by atoms with Crippen molar-refractivity contribution in [3.05, 3.63) is 60.7 Å². The zero-order chi connectivity index (χ0) is 19.8. The van der Waals surface area contributed by atoms with Gasteiger partial charge in [-0.05, 0) is 17.7 Å². The molecule has 0 saturated carbocycles. The van der Waals surface area contributed by atoms with E-state index in [2.05, 4.69) is 20.7 Å². The number of rotatable bonds is 9. The van der Waals surface area contributed by atoms with Crippen LogP contribution in [0.2, 0.25) is 0 Å². The van der Waals surface area contributed by atoms with Crippen LogP contribution < -0.4 is 21.5 Å². The van der Waals surface area contributed by atoms with Crippen molar-refractivity contribution >= 4 is 23.3 Å². The summed E-state index contributed by atoms with van der Waals surface area (Å²) in [5.41, 5.74) is 5.06. The van der Waals surface area contributed by atoms with Gasteiger partial charge in [0.15, 0.2) is 5.82 Å². The Hall–Kier alpha value is -3.20. The van der Waals surface area contributed by atoms with Crippen molar-refractivity contribution < 1.29 is 10.2 Å². The summed E-state index contributed by atoms with van der Waals surface area (Å²) in [5.74, 6) is 7.14. The van der Waals surface area contributed by atoms with Crippen molar-refractivity contribution in [3.8, 4) is 11.1 Å². The summed E-state index contributed by atoms with van der Waals surface area (Å²) in [6, 6.07) is 19.2. The van der Waals surface area contributed by atoms with E-state index in [1.54, 1.807) is 4.90 Å². The van der Waals surface area contributed by atoms with Crippen LogP contribution >= 0.6 is 0 Å². The number of nitrogens with one attached hydrogen (secondary N) is 2. The zero-order valence-corrected chi connectivity index (χ0v) is 15.4. The van der Waals surface area contributed by atoms with Crippen molar-refractivity contribution in [2.45, 2.75) is 0 Å². The number of nitrogens with two attached hydrogens (primary N) is 1. The number of hydrogen-bond donors (Lipinski definition) is 5. The predicted molar refractivity (Wildman–Crippen MR) is 111 cm³/mol. The molecule has 3 rings (SSSR count). The summed E-state index contributed by atoms with van der Waals surface area (Å²) in [5, 5.41) is 22.2. The van der Waals surface area contributed by atoms with E-state index < -0.39 is 0 Å². The van der Waals surface area contributed by atoms with Crippen LogP contribution in [0.4, 0.5) is 23.3 Å². The standard InChI is InChI=1S/C20H24N6O2/c21-25-18-17(15-7-3-1-4-8-15)19(26(11-13-27)12-14-28)24-20(23-18)22-16-9-5-2-6-10-16/h1-10,27-28H,11-14,21H2,(H2,22,23,24,25). The molecule has 0 atom stereocenters. The summed E-state index contributed by atoms with van der Waals surface area (Å²) in [7, 11) is 0. The number of para-hydroxylation sites is 1. The molecule has 8 heteroatoms. The van der Waals surface area contributed by atoms with Gasteiger partial charge in [-0.2, -0.15) is 9.97 Å². The SMILES string of the molecule is NNc1nc(Nc2ccccc2)nc(N(CCO)CCO)c1-c1ccccc1. The highest BCUT2D eigenvalue weighted by Crippen LogP contribution is 2.36. The molecule has 0 radical (unpaired) electrons. The highest BCUT2D eigenvalue weighted by Gasteiger charge is 2.20. The van der Waals surface area contributed by atoms with Crippen LogP contribution in [0, 0.1) is 0 Å². The van der Waals surface area contributed by atoms with Crippen LogP contribution in [0.3, 0.4) is 0 Å². The number of aliphatic hydroxyl groups excluding tert-OH is 2. The lowest BCUT2D eigenvalue weighted by atomic mass is 10.1. The number of aliphatic hydroxyl groups is 2. The highest BCUT2D eigenvalue weighted by atomic mass is 16.3. The van der Waals surface area contributed by atoms with Crippen molar-refractivity contribution in [2.24, 2.45) is 5.84 Å². The molecule has 0 spiro atoms. The average Bonchev–Trinajstić information content (AvgIpc) is 2.74. The molecule has 0 fully saturated rings. The molecule has 0 saturated heterocycles. The Morgan fingerprint density at radius 1 is 0.857 bits per heavy atom. The largest absolute Gasteiger partial charge is 0.395 e. The summed E-state index contributed by atoms with van der Waals surface area (Å²) in [6.07, 6.45) is 0. The lowest BCUT2D eigenvalue weighted by Crippen LogP contribution is -2.31. The first kappa shape index (κ1) is 19.6. The number of hydrogen-bond acceptors (Lipinski definition) is 8. The summed E-state index contributed by atoms with van der Waals surface area (Å²) < 4.78 is 0. The number of nitrogens with zero attached hydrogens (tertiary/aromatic N) is 3. The minimum Gasteiger partial charge on any atom is -0.395 e. The van der Waals surface area contributed by atoms with Crippen LogP contribution in [0.15, 0.2) is 60.7 Å². The number of anilines is 4. The number of nitrogen functional groups attached to an aromatic ring is 1. The molecule has 0 bridgehead atoms. The molecule has 0 aliphatic rings. The van der Waals surface area contributed by atoms with Gasteiger partial charge in [-0.1, -0.05) is 48.5 Å². The number of benzene rings is 2. The summed E-state index contributed by atoms with van der Waals surface area (Å²) in [4.78, 5) is 11.0. The van der Waals surface area contributed by atoms with Gasteiger partial charge in [0.2, 0.25) is 5.95 Å². The van der Waals surface area contributed by atoms with E-state index in [4.69, 9.17) is 5.84 Å². The van der Waals surface area contributed by atoms with Crippen molar-refractivity contribution in [3.63, 3.8) is 0 Å². The third kappa shape index (κ3) is 4.55. The van der Waals surface area contributed by atoms with Crippen LogP contribution in [0.5, 0.6) is 0 Å². The van der Waals surface area contributed by atoms with Crippen LogP contribution in [0.1, 0.15) is 0 Å². The fourth-order valence-electron chi connectivity index (χ4n) is 2.92. The Labute approximate surface area is 163 Å². The first-order chi connectivity index (χ1) is 13.8. The van der Waals surface area contributed by atoms with Crippen molar-refractivity contribution in [1.82, 2.24) is 9.97 Å². The third-order valence-electron chi connectivity index (χ3n) is 4.16. The van der Waals surface area contributed by atoms with Gasteiger partial charge in [0.05, 0.1) is 18.8 Å². The molecule has 1 heterocycles. The molecule has 1 aromatic heterocycles. The first-order valence-electron chi connectivity index (χ1n) is 8.99. The second-order valence-electron chi connectivity index (χ2n) is 6.03. The van der Waals surface area contributed by atoms with E-state index in [1.165, 1.54) is 0 Å². The highest BCUT2D eigenvalue weighted by molar-refractivity contribution is 5.86. The molecule has 0 unspecified atom stereocenters. The van der Waals surface area contributed by atoms with Crippen LogP contribution in [0.25, 0.3) is 11.1 Å². The maximum absolute atomic E-state index is 9.49. The normalized spacial score (nSPS) is 10.5. The molecule has 6 N–H and O–H groups in total. The van der Waals surface area contributed by atoms with Crippen LogP contribution in [-0.4, -0.2) is 46.5 Å². The van der Waals surface area contributed by atoms with E-state index in [9.17, 15) is 10.2 Å². The van der Waals surface area contributed by atoms with Gasteiger partial charge in [0.1, 0.15) is 5.82 Å². The lowest BCUT2D eigenvalue weighted by molar-refractivity contribution is 0.280. The van der Waals surface area contributed by atoms with Gasteiger partial charge in [-0.15, -0.1) is 0 Å². The van der Waals surface area contributed by atoms with Crippen molar-refractivity contribution in [2.75, 3.05) is 41.9 Å². The van der Waals surface area contributed by atoms with Gasteiger partial charge in [-0.25, -0.2) is 5.84 Å². The van der Waals surface area contributed by atoms with Crippen molar-refractivity contribution in [1.29, 1.82) is 0 Å². The maximum Gasteiger partial charge on any atom is 0.231 e. The second kappa shape index (κ2) is 9.65. The fourth-order valence-corrected chi connectivity index (χ4v) is 2.92. The van der Waals surface area contributed by atoms with E-state index in [-0.39, 0.29) is 13.2 Å². The Balaban J connectivity index is 2.14. The molecule has 0 amide bonds. The van der Waals surface area contributed by atoms with Gasteiger partial charge < -0.3 is 25.9 Å². The van der Waals surface area contributed by atoms with E-state index >= 15 is 0 Å². The van der Waals surface area contributed by atoms with E-state index in [1.807, 2.05) is 60.7 Å². The van der Waals surface area contributed by atoms with E-state index in [0.717, 1.165) is 11.3 Å². The van der Waals surface area contributed by atoms with E-state index in [0.29, 0.717) is 36.2 Å². The monoisotopic (exact) mass is 380 g/mol. The topological polar surface area (TPSA) is 120 Å². The lowest BCUT2D eigenvalue weighted by Gasteiger charge is -2.26. The number of aromatic nitrogens is 2. The fraction of sp³-hybridized carbons (Fsp3) is 0.200. The van der Waals surface area contributed by atoms with Gasteiger partial charge in [0, 0.05) is 18.8 Å². The second-order valence-corrected chi connectivity index (χ2v) is 6.03. The smallest absolute Gasteiger partial charge is 0.231 e. The Morgan fingerprint density at radius 3 is 2.04 bits per heavy atom. The molecule has 0 aliphatic heterocycles. The van der Waals surface area contributed by atoms with Gasteiger partial charge in [0.25, 0.3) is 0 Å². The first-order valence-corrected chi connectivity index (χ1v) is 8.99. The molecular formula is C20H24N6O2. The predicted octanol–water partition coefficient (Wildman–Crippen LogP) is 1.96. The van der Waals surface area contributed by atoms with Gasteiger partial charge in [-0.3, -0.25) is 0 Å². The quantitative estimate of drug-likeness (QED) is 0.282. The molecule has 2 aromatic carbocycles. The minimum atomic E-state index is -0.0783. The molecule has 146 valence electrons. The molecule has 3 aromatic rings. The average molecular weight is 380 g/mol. The molecule has 0 aliphatic carbocycles. The minimum absolute atomic E-state index is 0.0783. The third-order valence-corrected chi connectivity index (χ3v) is 4.16. The summed E-state index contributed by atoms with van der Waals surface area (Å²) in [6.45, 7) is 0.467. The Kier molecular flexibility index (Phi) is 6.74. The molecule has 28 heavy (non-hydrogen) atoms. The zero-order valence-electron chi connectivity index (χ0n) is 15.4. The van der Waals surface area contributed by atoms with Gasteiger partial charge >= 0.3 is 0 Å². The number of hydrazine groups is 1. The van der Waals surface area contributed by atoms with Crippen LogP contribution in [-0.2, 0) is 0 Å². The molecular weight excluding hydrogens is 356 g/mol.